The third-order valence-electron chi connectivity index (χ3n) is 2.81. The summed E-state index contributed by atoms with van der Waals surface area (Å²) in [5, 5.41) is 15.9. The van der Waals surface area contributed by atoms with Gasteiger partial charge in [0, 0.05) is 33.9 Å². The zero-order chi connectivity index (χ0) is 13.9. The molecule has 0 saturated carbocycles. The standard InChI is InChI=1S/C14H24N2O3/c1-18-14(19-2)11-15-10-13(17)16-9-8-12-6-4-3-5-7-12/h3-7,13-17H,8-11H2,1-2H3. The van der Waals surface area contributed by atoms with Crippen LogP contribution in [-0.4, -0.2) is 51.5 Å². The predicted octanol–water partition coefficient (Wildman–Crippen LogP) is 0.346. The van der Waals surface area contributed by atoms with Crippen molar-refractivity contribution in [2.45, 2.75) is 18.9 Å². The molecule has 0 aliphatic rings. The first-order valence-corrected chi connectivity index (χ1v) is 6.48. The number of benzene rings is 1. The Bertz CT molecular complexity index is 318. The summed E-state index contributed by atoms with van der Waals surface area (Å²) in [7, 11) is 3.18. The van der Waals surface area contributed by atoms with Crippen LogP contribution in [0.2, 0.25) is 0 Å². The predicted molar refractivity (Wildman–Crippen MR) is 74.8 cm³/mol. The maximum absolute atomic E-state index is 9.73. The van der Waals surface area contributed by atoms with Gasteiger partial charge in [0.05, 0.1) is 0 Å². The molecule has 108 valence electrons. The molecular formula is C14H24N2O3. The van der Waals surface area contributed by atoms with Crippen LogP contribution in [0.25, 0.3) is 0 Å². The Morgan fingerprint density at radius 2 is 1.79 bits per heavy atom. The van der Waals surface area contributed by atoms with E-state index in [9.17, 15) is 5.11 Å². The zero-order valence-electron chi connectivity index (χ0n) is 11.6. The van der Waals surface area contributed by atoms with Crippen LogP contribution in [0.5, 0.6) is 0 Å². The molecule has 0 heterocycles. The molecule has 1 unspecified atom stereocenters. The van der Waals surface area contributed by atoms with Gasteiger partial charge in [0.15, 0.2) is 6.29 Å². The number of hydrogen-bond acceptors (Lipinski definition) is 5. The number of rotatable bonds is 10. The molecule has 0 bridgehead atoms. The fraction of sp³-hybridized carbons (Fsp3) is 0.571. The zero-order valence-corrected chi connectivity index (χ0v) is 11.6. The van der Waals surface area contributed by atoms with Crippen molar-refractivity contribution in [3.63, 3.8) is 0 Å². The Hall–Kier alpha value is -0.980. The molecule has 1 atom stereocenters. The average Bonchev–Trinajstić information content (AvgIpc) is 2.45. The van der Waals surface area contributed by atoms with Crippen LogP contribution in [0.15, 0.2) is 30.3 Å². The van der Waals surface area contributed by atoms with Crippen LogP contribution in [0.1, 0.15) is 5.56 Å². The van der Waals surface area contributed by atoms with E-state index in [1.54, 1.807) is 14.2 Å². The Balaban J connectivity index is 2.06. The van der Waals surface area contributed by atoms with Gasteiger partial charge in [0.25, 0.3) is 0 Å². The smallest absolute Gasteiger partial charge is 0.169 e. The fourth-order valence-electron chi connectivity index (χ4n) is 1.70. The lowest BCUT2D eigenvalue weighted by molar-refractivity contribution is -0.0995. The molecular weight excluding hydrogens is 244 g/mol. The highest BCUT2D eigenvalue weighted by molar-refractivity contribution is 5.14. The molecule has 0 amide bonds. The lowest BCUT2D eigenvalue weighted by Gasteiger charge is -2.17. The normalized spacial score (nSPS) is 12.8. The van der Waals surface area contributed by atoms with Gasteiger partial charge in [0.2, 0.25) is 0 Å². The number of aliphatic hydroxyl groups is 1. The van der Waals surface area contributed by atoms with Crippen molar-refractivity contribution in [3.05, 3.63) is 35.9 Å². The van der Waals surface area contributed by atoms with E-state index in [-0.39, 0.29) is 6.29 Å². The van der Waals surface area contributed by atoms with Gasteiger partial charge < -0.3 is 19.9 Å². The summed E-state index contributed by atoms with van der Waals surface area (Å²) in [6.07, 6.45) is 0.0472. The minimum Gasteiger partial charge on any atom is -0.377 e. The van der Waals surface area contributed by atoms with Crippen LogP contribution in [0.4, 0.5) is 0 Å². The van der Waals surface area contributed by atoms with E-state index in [1.165, 1.54) is 5.56 Å². The van der Waals surface area contributed by atoms with Gasteiger partial charge in [-0.2, -0.15) is 0 Å². The molecule has 5 nitrogen and oxygen atoms in total. The molecule has 3 N–H and O–H groups in total. The SMILES string of the molecule is COC(CNCC(O)NCCc1ccccc1)OC. The molecule has 1 rings (SSSR count). The molecule has 0 spiro atoms. The molecule has 0 fully saturated rings. The van der Waals surface area contributed by atoms with Crippen molar-refractivity contribution in [2.75, 3.05) is 33.9 Å². The lowest BCUT2D eigenvalue weighted by atomic mass is 10.1. The van der Waals surface area contributed by atoms with Crippen LogP contribution in [0.3, 0.4) is 0 Å². The van der Waals surface area contributed by atoms with Crippen LogP contribution >= 0.6 is 0 Å². The summed E-state index contributed by atoms with van der Waals surface area (Å²) in [5.74, 6) is 0. The van der Waals surface area contributed by atoms with Gasteiger partial charge in [-0.3, -0.25) is 5.32 Å². The summed E-state index contributed by atoms with van der Waals surface area (Å²) in [4.78, 5) is 0. The fourth-order valence-corrected chi connectivity index (χ4v) is 1.70. The van der Waals surface area contributed by atoms with E-state index >= 15 is 0 Å². The highest BCUT2D eigenvalue weighted by atomic mass is 16.7. The minimum atomic E-state index is -0.571. The van der Waals surface area contributed by atoms with Crippen molar-refractivity contribution >= 4 is 0 Å². The van der Waals surface area contributed by atoms with Crippen molar-refractivity contribution < 1.29 is 14.6 Å². The first kappa shape index (κ1) is 16.1. The van der Waals surface area contributed by atoms with E-state index in [0.717, 1.165) is 13.0 Å². The van der Waals surface area contributed by atoms with Crippen LogP contribution < -0.4 is 10.6 Å². The van der Waals surface area contributed by atoms with Crippen molar-refractivity contribution in [2.24, 2.45) is 0 Å². The molecule has 1 aromatic carbocycles. The molecule has 19 heavy (non-hydrogen) atoms. The molecule has 0 aliphatic heterocycles. The molecule has 0 saturated heterocycles. The number of methoxy groups -OCH3 is 2. The first-order valence-electron chi connectivity index (χ1n) is 6.48. The summed E-state index contributed by atoms with van der Waals surface area (Å²) in [5.41, 5.74) is 1.26. The number of aliphatic hydroxyl groups excluding tert-OH is 1. The molecule has 0 aliphatic carbocycles. The monoisotopic (exact) mass is 268 g/mol. The lowest BCUT2D eigenvalue weighted by Crippen LogP contribution is -2.42. The summed E-state index contributed by atoms with van der Waals surface area (Å²) < 4.78 is 10.1. The second kappa shape index (κ2) is 9.89. The third kappa shape index (κ3) is 7.25. The second-order valence-corrected chi connectivity index (χ2v) is 4.26. The van der Waals surface area contributed by atoms with Gasteiger partial charge in [0.1, 0.15) is 6.23 Å². The maximum atomic E-state index is 9.73. The van der Waals surface area contributed by atoms with Crippen LogP contribution in [-0.2, 0) is 15.9 Å². The first-order chi connectivity index (χ1) is 9.26. The third-order valence-corrected chi connectivity index (χ3v) is 2.81. The molecule has 0 radical (unpaired) electrons. The van der Waals surface area contributed by atoms with E-state index in [2.05, 4.69) is 22.8 Å². The van der Waals surface area contributed by atoms with E-state index < -0.39 is 6.23 Å². The Morgan fingerprint density at radius 1 is 1.11 bits per heavy atom. The van der Waals surface area contributed by atoms with E-state index in [4.69, 9.17) is 9.47 Å². The quantitative estimate of drug-likeness (QED) is 0.534. The number of ether oxygens (including phenoxy) is 2. The highest BCUT2D eigenvalue weighted by Gasteiger charge is 2.06. The van der Waals surface area contributed by atoms with Crippen molar-refractivity contribution in [1.82, 2.24) is 10.6 Å². The summed E-state index contributed by atoms with van der Waals surface area (Å²) >= 11 is 0. The topological polar surface area (TPSA) is 62.8 Å². The molecule has 1 aromatic rings. The van der Waals surface area contributed by atoms with Gasteiger partial charge in [-0.1, -0.05) is 30.3 Å². The molecule has 5 heteroatoms. The van der Waals surface area contributed by atoms with Gasteiger partial charge in [-0.15, -0.1) is 0 Å². The van der Waals surface area contributed by atoms with Crippen molar-refractivity contribution in [1.29, 1.82) is 0 Å². The largest absolute Gasteiger partial charge is 0.377 e. The minimum absolute atomic E-state index is 0.281. The Labute approximate surface area is 114 Å². The van der Waals surface area contributed by atoms with Gasteiger partial charge in [-0.25, -0.2) is 0 Å². The van der Waals surface area contributed by atoms with E-state index in [1.807, 2.05) is 18.2 Å². The van der Waals surface area contributed by atoms with E-state index in [0.29, 0.717) is 13.1 Å². The maximum Gasteiger partial charge on any atom is 0.169 e. The Morgan fingerprint density at radius 3 is 2.42 bits per heavy atom. The average molecular weight is 268 g/mol. The van der Waals surface area contributed by atoms with Gasteiger partial charge >= 0.3 is 0 Å². The van der Waals surface area contributed by atoms with Crippen LogP contribution in [0, 0.1) is 0 Å². The Kier molecular flexibility index (Phi) is 8.36. The van der Waals surface area contributed by atoms with Crippen molar-refractivity contribution in [3.8, 4) is 0 Å². The summed E-state index contributed by atoms with van der Waals surface area (Å²) in [6, 6.07) is 10.2. The summed E-state index contributed by atoms with van der Waals surface area (Å²) in [6.45, 7) is 1.74. The highest BCUT2D eigenvalue weighted by Crippen LogP contribution is 1.98. The van der Waals surface area contributed by atoms with Gasteiger partial charge in [-0.05, 0) is 12.0 Å². The second-order valence-electron chi connectivity index (χ2n) is 4.26. The number of nitrogens with one attached hydrogen (secondary N) is 2. The molecule has 0 aromatic heterocycles. The number of hydrogen-bond donors (Lipinski definition) is 3.